The molecule has 18 heavy (non-hydrogen) atoms. The van der Waals surface area contributed by atoms with Crippen molar-refractivity contribution in [2.75, 3.05) is 18.4 Å². The van der Waals surface area contributed by atoms with Crippen LogP contribution in [0, 0.1) is 5.92 Å². The van der Waals surface area contributed by atoms with E-state index in [9.17, 15) is 9.59 Å². The zero-order chi connectivity index (χ0) is 12.8. The van der Waals surface area contributed by atoms with Crippen LogP contribution in [0.5, 0.6) is 0 Å². The van der Waals surface area contributed by atoms with E-state index in [4.69, 9.17) is 0 Å². The van der Waals surface area contributed by atoms with Crippen molar-refractivity contribution in [3.05, 3.63) is 30.3 Å². The zero-order valence-electron chi connectivity index (χ0n) is 10.1. The van der Waals surface area contributed by atoms with Crippen LogP contribution in [0.25, 0.3) is 0 Å². The van der Waals surface area contributed by atoms with Gasteiger partial charge in [-0.25, -0.2) is 4.79 Å². The molecule has 0 aliphatic carbocycles. The Morgan fingerprint density at radius 2 is 1.78 bits per heavy atom. The maximum atomic E-state index is 11.8. The SMILES string of the molecule is O=C(NC(=O)C1CCNCC1)Nc1ccccc1. The maximum absolute atomic E-state index is 11.8. The third kappa shape index (κ3) is 3.56. The lowest BCUT2D eigenvalue weighted by Crippen LogP contribution is -2.42. The second-order valence-corrected chi connectivity index (χ2v) is 4.33. The van der Waals surface area contributed by atoms with E-state index in [1.54, 1.807) is 12.1 Å². The standard InChI is InChI=1S/C13H17N3O2/c17-12(10-6-8-14-9-7-10)16-13(18)15-11-4-2-1-3-5-11/h1-5,10,14H,6-9H2,(H2,15,16,17,18). The summed E-state index contributed by atoms with van der Waals surface area (Å²) in [6.07, 6.45) is 1.56. The number of para-hydroxylation sites is 1. The van der Waals surface area contributed by atoms with Gasteiger partial charge in [0, 0.05) is 11.6 Å². The van der Waals surface area contributed by atoms with Gasteiger partial charge in [0.15, 0.2) is 0 Å². The number of carbonyl (C=O) groups is 2. The number of benzene rings is 1. The van der Waals surface area contributed by atoms with E-state index in [2.05, 4.69) is 16.0 Å². The molecule has 0 atom stereocenters. The van der Waals surface area contributed by atoms with Crippen LogP contribution in [-0.2, 0) is 4.79 Å². The molecule has 3 N–H and O–H groups in total. The largest absolute Gasteiger partial charge is 0.325 e. The smallest absolute Gasteiger partial charge is 0.317 e. The fourth-order valence-electron chi connectivity index (χ4n) is 1.98. The van der Waals surface area contributed by atoms with Gasteiger partial charge in [-0.1, -0.05) is 18.2 Å². The number of amides is 3. The molecule has 0 bridgehead atoms. The summed E-state index contributed by atoms with van der Waals surface area (Å²) in [7, 11) is 0. The second-order valence-electron chi connectivity index (χ2n) is 4.33. The Morgan fingerprint density at radius 1 is 1.11 bits per heavy atom. The van der Waals surface area contributed by atoms with Crippen LogP contribution in [0.1, 0.15) is 12.8 Å². The molecule has 0 unspecified atom stereocenters. The van der Waals surface area contributed by atoms with Crippen LogP contribution in [0.15, 0.2) is 30.3 Å². The van der Waals surface area contributed by atoms with Crippen molar-refractivity contribution in [3.63, 3.8) is 0 Å². The summed E-state index contributed by atoms with van der Waals surface area (Å²) in [5, 5.41) is 8.19. The first-order valence-corrected chi connectivity index (χ1v) is 6.13. The second kappa shape index (κ2) is 6.16. The van der Waals surface area contributed by atoms with E-state index in [1.165, 1.54) is 0 Å². The molecule has 5 nitrogen and oxygen atoms in total. The van der Waals surface area contributed by atoms with Gasteiger partial charge in [-0.2, -0.15) is 0 Å². The third-order valence-electron chi connectivity index (χ3n) is 2.98. The van der Waals surface area contributed by atoms with Crippen molar-refractivity contribution in [1.29, 1.82) is 0 Å². The molecule has 96 valence electrons. The highest BCUT2D eigenvalue weighted by atomic mass is 16.2. The molecule has 1 aliphatic heterocycles. The third-order valence-corrected chi connectivity index (χ3v) is 2.98. The molecule has 1 heterocycles. The monoisotopic (exact) mass is 247 g/mol. The summed E-state index contributed by atoms with van der Waals surface area (Å²) in [5.74, 6) is -0.252. The van der Waals surface area contributed by atoms with Crippen molar-refractivity contribution in [3.8, 4) is 0 Å². The normalized spacial score (nSPS) is 16.0. The van der Waals surface area contributed by atoms with Crippen molar-refractivity contribution in [2.45, 2.75) is 12.8 Å². The molecule has 1 saturated heterocycles. The van der Waals surface area contributed by atoms with Gasteiger partial charge in [-0.15, -0.1) is 0 Å². The molecule has 0 aromatic heterocycles. The fourth-order valence-corrected chi connectivity index (χ4v) is 1.98. The van der Waals surface area contributed by atoms with Gasteiger partial charge in [-0.3, -0.25) is 10.1 Å². The molecule has 0 spiro atoms. The van der Waals surface area contributed by atoms with Crippen molar-refractivity contribution in [2.24, 2.45) is 5.92 Å². The van der Waals surface area contributed by atoms with Gasteiger partial charge in [0.1, 0.15) is 0 Å². The molecule has 1 aromatic carbocycles. The lowest BCUT2D eigenvalue weighted by molar-refractivity contribution is -0.124. The molecular weight excluding hydrogens is 230 g/mol. The van der Waals surface area contributed by atoms with Crippen LogP contribution in [0.2, 0.25) is 0 Å². The van der Waals surface area contributed by atoms with E-state index >= 15 is 0 Å². The molecule has 2 rings (SSSR count). The van der Waals surface area contributed by atoms with Gasteiger partial charge in [0.25, 0.3) is 0 Å². The molecule has 1 fully saturated rings. The van der Waals surface area contributed by atoms with Crippen LogP contribution >= 0.6 is 0 Å². The van der Waals surface area contributed by atoms with Crippen LogP contribution in [0.3, 0.4) is 0 Å². The Hall–Kier alpha value is -1.88. The number of carbonyl (C=O) groups excluding carboxylic acids is 2. The number of hydrogen-bond donors (Lipinski definition) is 3. The number of rotatable bonds is 2. The van der Waals surface area contributed by atoms with Gasteiger partial charge in [0.05, 0.1) is 0 Å². The first-order chi connectivity index (χ1) is 8.75. The van der Waals surface area contributed by atoms with Crippen LogP contribution < -0.4 is 16.0 Å². The predicted octanol–water partition coefficient (Wildman–Crippen LogP) is 1.33. The topological polar surface area (TPSA) is 70.2 Å². The molecule has 0 saturated carbocycles. The maximum Gasteiger partial charge on any atom is 0.325 e. The average molecular weight is 247 g/mol. The fraction of sp³-hybridized carbons (Fsp3) is 0.385. The summed E-state index contributed by atoms with van der Waals surface area (Å²) in [6, 6.07) is 8.59. The first-order valence-electron chi connectivity index (χ1n) is 6.13. The molecule has 3 amide bonds. The van der Waals surface area contributed by atoms with E-state index in [0.29, 0.717) is 5.69 Å². The van der Waals surface area contributed by atoms with Crippen LogP contribution in [0.4, 0.5) is 10.5 Å². The summed E-state index contributed by atoms with van der Waals surface area (Å²) in [5.41, 5.74) is 0.674. The number of piperidine rings is 1. The Kier molecular flexibility index (Phi) is 4.30. The number of nitrogens with one attached hydrogen (secondary N) is 3. The van der Waals surface area contributed by atoms with Gasteiger partial charge < -0.3 is 10.6 Å². The molecule has 1 aliphatic rings. The van der Waals surface area contributed by atoms with Crippen molar-refractivity contribution in [1.82, 2.24) is 10.6 Å². The Labute approximate surface area is 106 Å². The highest BCUT2D eigenvalue weighted by Gasteiger charge is 2.22. The average Bonchev–Trinajstić information content (AvgIpc) is 2.40. The highest BCUT2D eigenvalue weighted by molar-refractivity contribution is 6.01. The number of urea groups is 1. The Bertz CT molecular complexity index is 414. The lowest BCUT2D eigenvalue weighted by Gasteiger charge is -2.21. The van der Waals surface area contributed by atoms with Crippen LogP contribution in [-0.4, -0.2) is 25.0 Å². The summed E-state index contributed by atoms with van der Waals surface area (Å²) in [4.78, 5) is 23.4. The molecule has 0 radical (unpaired) electrons. The number of imide groups is 1. The van der Waals surface area contributed by atoms with E-state index in [0.717, 1.165) is 25.9 Å². The van der Waals surface area contributed by atoms with E-state index in [1.807, 2.05) is 18.2 Å². The zero-order valence-corrected chi connectivity index (χ0v) is 10.1. The quantitative estimate of drug-likeness (QED) is 0.738. The van der Waals surface area contributed by atoms with E-state index < -0.39 is 6.03 Å². The summed E-state index contributed by atoms with van der Waals surface area (Å²) in [6.45, 7) is 1.66. The summed E-state index contributed by atoms with van der Waals surface area (Å²) < 4.78 is 0. The van der Waals surface area contributed by atoms with Crippen molar-refractivity contribution >= 4 is 17.6 Å². The van der Waals surface area contributed by atoms with Gasteiger partial charge in [-0.05, 0) is 38.1 Å². The number of anilines is 1. The van der Waals surface area contributed by atoms with E-state index in [-0.39, 0.29) is 11.8 Å². The van der Waals surface area contributed by atoms with Crippen molar-refractivity contribution < 1.29 is 9.59 Å². The Morgan fingerprint density at radius 3 is 2.44 bits per heavy atom. The molecule has 1 aromatic rings. The predicted molar refractivity (Wildman–Crippen MR) is 69.2 cm³/mol. The minimum atomic E-state index is -0.468. The van der Waals surface area contributed by atoms with Gasteiger partial charge in [0.2, 0.25) is 5.91 Å². The minimum Gasteiger partial charge on any atom is -0.317 e. The highest BCUT2D eigenvalue weighted by Crippen LogP contribution is 2.11. The first kappa shape index (κ1) is 12.6. The lowest BCUT2D eigenvalue weighted by atomic mass is 9.97. The number of hydrogen-bond acceptors (Lipinski definition) is 3. The molecule has 5 heteroatoms. The Balaban J connectivity index is 1.82. The minimum absolute atomic E-state index is 0.0622. The molecular formula is C13H17N3O2. The van der Waals surface area contributed by atoms with Gasteiger partial charge >= 0.3 is 6.03 Å². The summed E-state index contributed by atoms with van der Waals surface area (Å²) >= 11 is 0.